The highest BCUT2D eigenvalue weighted by atomic mass is 35.5. The summed E-state index contributed by atoms with van der Waals surface area (Å²) in [6.07, 6.45) is 0. The van der Waals surface area contributed by atoms with Gasteiger partial charge in [0.1, 0.15) is 0 Å². The lowest BCUT2D eigenvalue weighted by molar-refractivity contribution is 0.102. The van der Waals surface area contributed by atoms with Crippen LogP contribution in [0.5, 0.6) is 0 Å². The van der Waals surface area contributed by atoms with Crippen LogP contribution in [0.3, 0.4) is 0 Å². The van der Waals surface area contributed by atoms with E-state index in [1.165, 1.54) is 0 Å². The molecule has 0 saturated heterocycles. The molecule has 0 aliphatic carbocycles. The fourth-order valence-electron chi connectivity index (χ4n) is 2.01. The molecule has 0 radical (unpaired) electrons. The number of rotatable bonds is 3. The van der Waals surface area contributed by atoms with E-state index in [1.54, 1.807) is 12.1 Å². The molecule has 4 heteroatoms. The molecule has 104 valence electrons. The Morgan fingerprint density at radius 3 is 2.45 bits per heavy atom. The van der Waals surface area contributed by atoms with Crippen molar-refractivity contribution in [3.63, 3.8) is 0 Å². The summed E-state index contributed by atoms with van der Waals surface area (Å²) in [6.45, 7) is 3.92. The Morgan fingerprint density at radius 1 is 1.05 bits per heavy atom. The average Bonchev–Trinajstić information content (AvgIpc) is 2.42. The summed E-state index contributed by atoms with van der Waals surface area (Å²) in [4.78, 5) is 12.2. The highest BCUT2D eigenvalue weighted by molar-refractivity contribution is 6.34. The Labute approximate surface area is 124 Å². The highest BCUT2D eigenvalue weighted by Gasteiger charge is 2.10. The number of anilines is 2. The number of hydrogen-bond donors (Lipinski definition) is 2. The maximum Gasteiger partial charge on any atom is 0.255 e. The average molecular weight is 289 g/mol. The van der Waals surface area contributed by atoms with Gasteiger partial charge in [0.15, 0.2) is 0 Å². The van der Waals surface area contributed by atoms with E-state index in [-0.39, 0.29) is 5.91 Å². The first-order chi connectivity index (χ1) is 9.51. The van der Waals surface area contributed by atoms with Crippen LogP contribution in [0.1, 0.15) is 21.5 Å². The third-order valence-electron chi connectivity index (χ3n) is 3.13. The van der Waals surface area contributed by atoms with Crippen LogP contribution < -0.4 is 10.6 Å². The zero-order chi connectivity index (χ0) is 14.7. The molecule has 0 aromatic heterocycles. The summed E-state index contributed by atoms with van der Waals surface area (Å²) in [6, 6.07) is 11.1. The molecule has 2 aromatic rings. The molecule has 0 heterocycles. The zero-order valence-corrected chi connectivity index (χ0v) is 12.5. The largest absolute Gasteiger partial charge is 0.388 e. The SMILES string of the molecule is CNc1ccc(C(=O)Nc2cc(C)ccc2Cl)cc1C. The summed E-state index contributed by atoms with van der Waals surface area (Å²) in [7, 11) is 1.86. The van der Waals surface area contributed by atoms with Gasteiger partial charge in [0.25, 0.3) is 5.91 Å². The van der Waals surface area contributed by atoms with Crippen molar-refractivity contribution in [3.8, 4) is 0 Å². The second-order valence-electron chi connectivity index (χ2n) is 4.72. The van der Waals surface area contributed by atoms with Crippen molar-refractivity contribution in [2.75, 3.05) is 17.7 Å². The van der Waals surface area contributed by atoms with Gasteiger partial charge in [-0.1, -0.05) is 17.7 Å². The standard InChI is InChI=1S/C16H17ClN2O/c1-10-4-6-13(17)15(8-10)19-16(20)12-5-7-14(18-3)11(2)9-12/h4-9,18H,1-3H3,(H,19,20). The van der Waals surface area contributed by atoms with Crippen molar-refractivity contribution in [2.45, 2.75) is 13.8 Å². The van der Waals surface area contributed by atoms with E-state index in [1.807, 2.05) is 45.2 Å². The van der Waals surface area contributed by atoms with Crippen LogP contribution in [0, 0.1) is 13.8 Å². The van der Waals surface area contributed by atoms with E-state index in [0.717, 1.165) is 16.8 Å². The number of nitrogens with one attached hydrogen (secondary N) is 2. The van der Waals surface area contributed by atoms with Gasteiger partial charge in [0, 0.05) is 18.3 Å². The fourth-order valence-corrected chi connectivity index (χ4v) is 2.18. The Balaban J connectivity index is 2.24. The van der Waals surface area contributed by atoms with Crippen LogP contribution in [0.25, 0.3) is 0 Å². The van der Waals surface area contributed by atoms with E-state index in [2.05, 4.69) is 10.6 Å². The van der Waals surface area contributed by atoms with Gasteiger partial charge < -0.3 is 10.6 Å². The fraction of sp³-hybridized carbons (Fsp3) is 0.188. The van der Waals surface area contributed by atoms with Crippen LogP contribution in [0.2, 0.25) is 5.02 Å². The predicted octanol–water partition coefficient (Wildman–Crippen LogP) is 4.25. The maximum atomic E-state index is 12.2. The maximum absolute atomic E-state index is 12.2. The second-order valence-corrected chi connectivity index (χ2v) is 5.12. The number of halogens is 1. The number of benzene rings is 2. The first-order valence-electron chi connectivity index (χ1n) is 6.37. The Kier molecular flexibility index (Phi) is 4.30. The molecule has 0 aliphatic heterocycles. The normalized spacial score (nSPS) is 10.2. The van der Waals surface area contributed by atoms with Gasteiger partial charge in [-0.3, -0.25) is 4.79 Å². The molecule has 0 spiro atoms. The van der Waals surface area contributed by atoms with Gasteiger partial charge in [0.05, 0.1) is 10.7 Å². The predicted molar refractivity (Wildman–Crippen MR) is 84.9 cm³/mol. The van der Waals surface area contributed by atoms with E-state index in [0.29, 0.717) is 16.3 Å². The minimum atomic E-state index is -0.164. The van der Waals surface area contributed by atoms with E-state index in [4.69, 9.17) is 11.6 Å². The molecule has 0 aliphatic rings. The highest BCUT2D eigenvalue weighted by Crippen LogP contribution is 2.24. The Morgan fingerprint density at radius 2 is 1.80 bits per heavy atom. The van der Waals surface area contributed by atoms with Gasteiger partial charge in [-0.2, -0.15) is 0 Å². The number of carbonyl (C=O) groups excluding carboxylic acids is 1. The van der Waals surface area contributed by atoms with E-state index >= 15 is 0 Å². The Bertz CT molecular complexity index is 653. The van der Waals surface area contributed by atoms with E-state index < -0.39 is 0 Å². The van der Waals surface area contributed by atoms with Crippen molar-refractivity contribution in [3.05, 3.63) is 58.1 Å². The molecular formula is C16H17ClN2O. The molecule has 0 bridgehead atoms. The molecule has 0 saturated carbocycles. The van der Waals surface area contributed by atoms with Crippen molar-refractivity contribution in [1.82, 2.24) is 0 Å². The van der Waals surface area contributed by atoms with Gasteiger partial charge in [-0.15, -0.1) is 0 Å². The third-order valence-corrected chi connectivity index (χ3v) is 3.46. The van der Waals surface area contributed by atoms with Crippen LogP contribution in [0.4, 0.5) is 11.4 Å². The molecule has 3 nitrogen and oxygen atoms in total. The van der Waals surface area contributed by atoms with Crippen molar-refractivity contribution < 1.29 is 4.79 Å². The van der Waals surface area contributed by atoms with Gasteiger partial charge in [-0.25, -0.2) is 0 Å². The number of hydrogen-bond acceptors (Lipinski definition) is 2. The van der Waals surface area contributed by atoms with Crippen LogP contribution in [0.15, 0.2) is 36.4 Å². The molecule has 0 unspecified atom stereocenters. The quantitative estimate of drug-likeness (QED) is 0.886. The lowest BCUT2D eigenvalue weighted by atomic mass is 10.1. The summed E-state index contributed by atoms with van der Waals surface area (Å²) in [5.41, 5.74) is 4.32. The second kappa shape index (κ2) is 5.97. The van der Waals surface area contributed by atoms with Crippen LogP contribution in [-0.4, -0.2) is 13.0 Å². The number of aryl methyl sites for hydroxylation is 2. The first kappa shape index (κ1) is 14.4. The third kappa shape index (κ3) is 3.11. The van der Waals surface area contributed by atoms with Gasteiger partial charge in [0.2, 0.25) is 0 Å². The molecular weight excluding hydrogens is 272 g/mol. The minimum Gasteiger partial charge on any atom is -0.388 e. The number of carbonyl (C=O) groups is 1. The van der Waals surface area contributed by atoms with Gasteiger partial charge in [-0.05, 0) is 55.3 Å². The van der Waals surface area contributed by atoms with Crippen molar-refractivity contribution in [1.29, 1.82) is 0 Å². The molecule has 2 aromatic carbocycles. The van der Waals surface area contributed by atoms with Crippen molar-refractivity contribution in [2.24, 2.45) is 0 Å². The topological polar surface area (TPSA) is 41.1 Å². The molecule has 2 N–H and O–H groups in total. The summed E-state index contributed by atoms with van der Waals surface area (Å²) < 4.78 is 0. The molecule has 1 amide bonds. The lowest BCUT2D eigenvalue weighted by Crippen LogP contribution is -2.12. The zero-order valence-electron chi connectivity index (χ0n) is 11.8. The number of amides is 1. The summed E-state index contributed by atoms with van der Waals surface area (Å²) >= 11 is 6.08. The van der Waals surface area contributed by atoms with Crippen LogP contribution in [-0.2, 0) is 0 Å². The monoisotopic (exact) mass is 288 g/mol. The van der Waals surface area contributed by atoms with E-state index in [9.17, 15) is 4.79 Å². The summed E-state index contributed by atoms with van der Waals surface area (Å²) in [5, 5.41) is 6.45. The molecule has 2 rings (SSSR count). The molecule has 20 heavy (non-hydrogen) atoms. The Hall–Kier alpha value is -2.00. The first-order valence-corrected chi connectivity index (χ1v) is 6.75. The molecule has 0 fully saturated rings. The van der Waals surface area contributed by atoms with Crippen molar-refractivity contribution >= 4 is 28.9 Å². The minimum absolute atomic E-state index is 0.164. The summed E-state index contributed by atoms with van der Waals surface area (Å²) in [5.74, 6) is -0.164. The van der Waals surface area contributed by atoms with Crippen LogP contribution >= 0.6 is 11.6 Å². The lowest BCUT2D eigenvalue weighted by Gasteiger charge is -2.10. The molecule has 0 atom stereocenters. The van der Waals surface area contributed by atoms with Gasteiger partial charge >= 0.3 is 0 Å². The smallest absolute Gasteiger partial charge is 0.255 e.